The third kappa shape index (κ3) is 1.31. The molecule has 3 heteroatoms. The first-order valence-electron chi connectivity index (χ1n) is 3.54. The van der Waals surface area contributed by atoms with Crippen LogP contribution in [0, 0.1) is 0 Å². The summed E-state index contributed by atoms with van der Waals surface area (Å²) in [5.74, 6) is -0.778. The van der Waals surface area contributed by atoms with Gasteiger partial charge in [-0.1, -0.05) is 0 Å². The second kappa shape index (κ2) is 2.49. The highest BCUT2D eigenvalue weighted by atomic mass is 16.8. The molecule has 3 unspecified atom stereocenters. The Morgan fingerprint density at radius 2 is 2.30 bits per heavy atom. The summed E-state index contributed by atoms with van der Waals surface area (Å²) in [4.78, 5) is 0. The van der Waals surface area contributed by atoms with E-state index in [0.717, 1.165) is 0 Å². The smallest absolute Gasteiger partial charge is 0.191 e. The Morgan fingerprint density at radius 3 is 2.50 bits per heavy atom. The zero-order valence-electron chi connectivity index (χ0n) is 6.63. The molecule has 1 rings (SSSR count). The molecule has 60 valence electrons. The molecule has 1 N–H and O–H groups in total. The Labute approximate surface area is 60.9 Å². The normalized spacial score (nSPS) is 43.8. The predicted octanol–water partition coefficient (Wildman–Crippen LogP) is 0.519. The van der Waals surface area contributed by atoms with Crippen LogP contribution < -0.4 is 0 Å². The SMILES string of the molecule is CC1COC(C)(C(C)O)O1. The summed E-state index contributed by atoms with van der Waals surface area (Å²) in [6, 6.07) is 0. The molecule has 0 saturated carbocycles. The van der Waals surface area contributed by atoms with Gasteiger partial charge in [0.2, 0.25) is 0 Å². The van der Waals surface area contributed by atoms with Gasteiger partial charge in [0.1, 0.15) is 6.10 Å². The molecule has 1 heterocycles. The van der Waals surface area contributed by atoms with E-state index in [1.807, 2.05) is 6.92 Å². The van der Waals surface area contributed by atoms with Crippen LogP contribution >= 0.6 is 0 Å². The molecule has 10 heavy (non-hydrogen) atoms. The van der Waals surface area contributed by atoms with Crippen molar-refractivity contribution < 1.29 is 14.6 Å². The van der Waals surface area contributed by atoms with Crippen molar-refractivity contribution in [1.82, 2.24) is 0 Å². The zero-order valence-corrected chi connectivity index (χ0v) is 6.63. The van der Waals surface area contributed by atoms with Crippen LogP contribution in [0.4, 0.5) is 0 Å². The summed E-state index contributed by atoms with van der Waals surface area (Å²) in [5, 5.41) is 9.18. The summed E-state index contributed by atoms with van der Waals surface area (Å²) >= 11 is 0. The maximum absolute atomic E-state index is 9.18. The molecular formula is C7H14O3. The minimum absolute atomic E-state index is 0.0969. The average Bonchev–Trinajstić information content (AvgIpc) is 2.13. The summed E-state index contributed by atoms with van der Waals surface area (Å²) in [5.41, 5.74) is 0. The van der Waals surface area contributed by atoms with Gasteiger partial charge in [0.15, 0.2) is 5.79 Å². The molecule has 1 fully saturated rings. The molecule has 0 aromatic heterocycles. The van der Waals surface area contributed by atoms with E-state index in [1.54, 1.807) is 13.8 Å². The Hall–Kier alpha value is -0.120. The Balaban J connectivity index is 2.54. The molecule has 1 aliphatic heterocycles. The van der Waals surface area contributed by atoms with Gasteiger partial charge in [0, 0.05) is 0 Å². The van der Waals surface area contributed by atoms with Gasteiger partial charge in [-0.3, -0.25) is 0 Å². The van der Waals surface area contributed by atoms with Crippen LogP contribution in [0.2, 0.25) is 0 Å². The molecule has 0 aliphatic carbocycles. The fraction of sp³-hybridized carbons (Fsp3) is 1.00. The van der Waals surface area contributed by atoms with E-state index < -0.39 is 11.9 Å². The number of hydrogen-bond donors (Lipinski definition) is 1. The summed E-state index contributed by atoms with van der Waals surface area (Å²) in [7, 11) is 0. The topological polar surface area (TPSA) is 38.7 Å². The van der Waals surface area contributed by atoms with E-state index in [1.165, 1.54) is 0 Å². The van der Waals surface area contributed by atoms with Gasteiger partial charge in [-0.25, -0.2) is 0 Å². The number of ether oxygens (including phenoxy) is 2. The minimum Gasteiger partial charge on any atom is -0.388 e. The van der Waals surface area contributed by atoms with Gasteiger partial charge < -0.3 is 14.6 Å². The first-order chi connectivity index (χ1) is 4.54. The molecule has 0 aromatic carbocycles. The lowest BCUT2D eigenvalue weighted by atomic mass is 10.2. The standard InChI is InChI=1S/C7H14O3/c1-5-4-9-7(3,10-5)6(2)8/h5-6,8H,4H2,1-3H3. The van der Waals surface area contributed by atoms with Gasteiger partial charge in [0.05, 0.1) is 12.7 Å². The van der Waals surface area contributed by atoms with E-state index in [0.29, 0.717) is 6.61 Å². The Morgan fingerprint density at radius 1 is 1.70 bits per heavy atom. The fourth-order valence-electron chi connectivity index (χ4n) is 0.969. The van der Waals surface area contributed by atoms with Crippen LogP contribution in [0.25, 0.3) is 0 Å². The maximum atomic E-state index is 9.18. The van der Waals surface area contributed by atoms with Crippen molar-refractivity contribution in [3.05, 3.63) is 0 Å². The largest absolute Gasteiger partial charge is 0.388 e. The second-order valence-electron chi connectivity index (χ2n) is 2.93. The van der Waals surface area contributed by atoms with Crippen molar-refractivity contribution >= 4 is 0 Å². The second-order valence-corrected chi connectivity index (χ2v) is 2.93. The van der Waals surface area contributed by atoms with Crippen LogP contribution in [0.3, 0.4) is 0 Å². The van der Waals surface area contributed by atoms with E-state index in [9.17, 15) is 5.11 Å². The lowest BCUT2D eigenvalue weighted by Crippen LogP contribution is -2.38. The van der Waals surface area contributed by atoms with Crippen molar-refractivity contribution in [2.45, 2.75) is 38.8 Å². The Bertz CT molecular complexity index is 124. The summed E-state index contributed by atoms with van der Waals surface area (Å²) in [6.45, 7) is 5.91. The predicted molar refractivity (Wildman–Crippen MR) is 36.6 cm³/mol. The van der Waals surface area contributed by atoms with Crippen molar-refractivity contribution in [2.24, 2.45) is 0 Å². The third-order valence-electron chi connectivity index (χ3n) is 1.80. The van der Waals surface area contributed by atoms with Crippen LogP contribution in [-0.2, 0) is 9.47 Å². The average molecular weight is 146 g/mol. The van der Waals surface area contributed by atoms with Gasteiger partial charge in [-0.05, 0) is 20.8 Å². The molecule has 1 saturated heterocycles. The molecular weight excluding hydrogens is 132 g/mol. The monoisotopic (exact) mass is 146 g/mol. The van der Waals surface area contributed by atoms with Crippen LogP contribution in [0.15, 0.2) is 0 Å². The molecule has 0 amide bonds. The first-order valence-corrected chi connectivity index (χ1v) is 3.54. The van der Waals surface area contributed by atoms with Crippen molar-refractivity contribution in [2.75, 3.05) is 6.61 Å². The highest BCUT2D eigenvalue weighted by Crippen LogP contribution is 2.25. The lowest BCUT2D eigenvalue weighted by Gasteiger charge is -2.25. The van der Waals surface area contributed by atoms with Gasteiger partial charge in [0.25, 0.3) is 0 Å². The Kier molecular flexibility index (Phi) is 1.99. The summed E-state index contributed by atoms with van der Waals surface area (Å²) < 4.78 is 10.6. The fourth-order valence-corrected chi connectivity index (χ4v) is 0.969. The third-order valence-corrected chi connectivity index (χ3v) is 1.80. The molecule has 0 bridgehead atoms. The van der Waals surface area contributed by atoms with E-state index in [4.69, 9.17) is 9.47 Å². The number of rotatable bonds is 1. The molecule has 0 aromatic rings. The van der Waals surface area contributed by atoms with E-state index >= 15 is 0 Å². The maximum Gasteiger partial charge on any atom is 0.191 e. The number of aliphatic hydroxyl groups excluding tert-OH is 1. The van der Waals surface area contributed by atoms with Gasteiger partial charge >= 0.3 is 0 Å². The number of hydrogen-bond acceptors (Lipinski definition) is 3. The van der Waals surface area contributed by atoms with E-state index in [2.05, 4.69) is 0 Å². The minimum atomic E-state index is -0.778. The molecule has 3 nitrogen and oxygen atoms in total. The van der Waals surface area contributed by atoms with Crippen LogP contribution in [-0.4, -0.2) is 29.7 Å². The molecule has 3 atom stereocenters. The van der Waals surface area contributed by atoms with Crippen molar-refractivity contribution in [3.63, 3.8) is 0 Å². The highest BCUT2D eigenvalue weighted by Gasteiger charge is 2.39. The molecule has 0 radical (unpaired) electrons. The highest BCUT2D eigenvalue weighted by molar-refractivity contribution is 4.77. The van der Waals surface area contributed by atoms with E-state index in [-0.39, 0.29) is 6.10 Å². The lowest BCUT2D eigenvalue weighted by molar-refractivity contribution is -0.208. The van der Waals surface area contributed by atoms with Crippen LogP contribution in [0.1, 0.15) is 20.8 Å². The first kappa shape index (κ1) is 7.98. The van der Waals surface area contributed by atoms with Crippen molar-refractivity contribution in [1.29, 1.82) is 0 Å². The number of aliphatic hydroxyl groups is 1. The van der Waals surface area contributed by atoms with Gasteiger partial charge in [-0.2, -0.15) is 0 Å². The van der Waals surface area contributed by atoms with Crippen molar-refractivity contribution in [3.8, 4) is 0 Å². The molecule has 0 spiro atoms. The zero-order chi connectivity index (χ0) is 7.78. The summed E-state index contributed by atoms with van der Waals surface area (Å²) in [6.07, 6.45) is -0.475. The van der Waals surface area contributed by atoms with Crippen LogP contribution in [0.5, 0.6) is 0 Å². The van der Waals surface area contributed by atoms with Gasteiger partial charge in [-0.15, -0.1) is 0 Å². The molecule has 1 aliphatic rings. The quantitative estimate of drug-likeness (QED) is 0.586.